The zero-order valence-corrected chi connectivity index (χ0v) is 13.0. The van der Waals surface area contributed by atoms with Crippen LogP contribution in [-0.2, 0) is 4.79 Å². The molecule has 1 atom stereocenters. The van der Waals surface area contributed by atoms with Crippen LogP contribution >= 0.6 is 0 Å². The molecule has 0 radical (unpaired) electrons. The zero-order valence-electron chi connectivity index (χ0n) is 13.0. The maximum Gasteiger partial charge on any atom is 0.311 e. The molecule has 0 aliphatic rings. The molecule has 106 valence electrons. The lowest BCUT2D eigenvalue weighted by Gasteiger charge is -2.33. The Labute approximate surface area is 116 Å². The standard InChI is InChI=1S/C16H25NO2/c1-9-8-10(2)12(4)13(11(9)3)14(17-7)16(5,6)15(18)19/h8,14,17H,1-7H3,(H,18,19). The van der Waals surface area contributed by atoms with Gasteiger partial charge in [0.15, 0.2) is 0 Å². The molecule has 0 aliphatic heterocycles. The lowest BCUT2D eigenvalue weighted by Crippen LogP contribution is -2.39. The van der Waals surface area contributed by atoms with E-state index in [1.165, 1.54) is 22.3 Å². The van der Waals surface area contributed by atoms with Crippen LogP contribution in [0.25, 0.3) is 0 Å². The predicted octanol–water partition coefficient (Wildman–Crippen LogP) is 3.29. The van der Waals surface area contributed by atoms with E-state index in [4.69, 9.17) is 0 Å². The van der Waals surface area contributed by atoms with Gasteiger partial charge in [0.05, 0.1) is 5.41 Å². The van der Waals surface area contributed by atoms with Crippen LogP contribution in [0.3, 0.4) is 0 Å². The summed E-state index contributed by atoms with van der Waals surface area (Å²) in [7, 11) is 1.83. The number of aryl methyl sites for hydroxylation is 2. The van der Waals surface area contributed by atoms with Crippen molar-refractivity contribution in [1.82, 2.24) is 5.32 Å². The molecule has 1 unspecified atom stereocenters. The maximum atomic E-state index is 11.5. The van der Waals surface area contributed by atoms with Crippen LogP contribution in [0.4, 0.5) is 0 Å². The largest absolute Gasteiger partial charge is 0.481 e. The predicted molar refractivity (Wildman–Crippen MR) is 78.6 cm³/mol. The smallest absolute Gasteiger partial charge is 0.311 e. The molecule has 0 heterocycles. The monoisotopic (exact) mass is 263 g/mol. The number of hydrogen-bond donors (Lipinski definition) is 2. The van der Waals surface area contributed by atoms with Crippen LogP contribution in [0.5, 0.6) is 0 Å². The molecule has 0 saturated heterocycles. The summed E-state index contributed by atoms with van der Waals surface area (Å²) in [5.74, 6) is -0.787. The van der Waals surface area contributed by atoms with E-state index in [0.717, 1.165) is 5.56 Å². The molecule has 3 nitrogen and oxygen atoms in total. The average Bonchev–Trinajstić information content (AvgIpc) is 2.31. The molecular weight excluding hydrogens is 238 g/mol. The topological polar surface area (TPSA) is 49.3 Å². The third kappa shape index (κ3) is 2.66. The van der Waals surface area contributed by atoms with E-state index in [-0.39, 0.29) is 6.04 Å². The summed E-state index contributed by atoms with van der Waals surface area (Å²) in [5.41, 5.74) is 5.03. The summed E-state index contributed by atoms with van der Waals surface area (Å²) >= 11 is 0. The third-order valence-electron chi connectivity index (χ3n) is 4.27. The molecule has 1 aromatic carbocycles. The molecule has 1 aromatic rings. The van der Waals surface area contributed by atoms with Crippen molar-refractivity contribution in [1.29, 1.82) is 0 Å². The van der Waals surface area contributed by atoms with Gasteiger partial charge in [0.25, 0.3) is 0 Å². The summed E-state index contributed by atoms with van der Waals surface area (Å²) in [5, 5.41) is 12.7. The Morgan fingerprint density at radius 1 is 1.16 bits per heavy atom. The molecular formula is C16H25NO2. The fourth-order valence-electron chi connectivity index (χ4n) is 2.67. The van der Waals surface area contributed by atoms with Crippen LogP contribution in [0.2, 0.25) is 0 Å². The van der Waals surface area contributed by atoms with Gasteiger partial charge in [-0.05, 0) is 76.4 Å². The second-order valence-corrected chi connectivity index (χ2v) is 5.92. The van der Waals surface area contributed by atoms with Gasteiger partial charge in [-0.2, -0.15) is 0 Å². The van der Waals surface area contributed by atoms with Gasteiger partial charge in [0.2, 0.25) is 0 Å². The average molecular weight is 263 g/mol. The highest BCUT2D eigenvalue weighted by Gasteiger charge is 2.38. The number of aliphatic carboxylic acids is 1. The van der Waals surface area contributed by atoms with Crippen LogP contribution in [0.15, 0.2) is 6.07 Å². The van der Waals surface area contributed by atoms with Crippen molar-refractivity contribution in [2.45, 2.75) is 47.6 Å². The van der Waals surface area contributed by atoms with Gasteiger partial charge in [0, 0.05) is 6.04 Å². The van der Waals surface area contributed by atoms with Gasteiger partial charge in [-0.25, -0.2) is 0 Å². The molecule has 0 spiro atoms. The highest BCUT2D eigenvalue weighted by Crippen LogP contribution is 2.38. The first-order valence-corrected chi connectivity index (χ1v) is 6.62. The Morgan fingerprint density at radius 3 is 1.89 bits per heavy atom. The molecule has 0 saturated carbocycles. The molecule has 0 bridgehead atoms. The molecule has 0 aromatic heterocycles. The SMILES string of the molecule is CNC(c1c(C)c(C)cc(C)c1C)C(C)(C)C(=O)O. The summed E-state index contributed by atoms with van der Waals surface area (Å²) in [6, 6.07) is 1.96. The molecule has 0 amide bonds. The van der Waals surface area contributed by atoms with Crippen molar-refractivity contribution in [3.63, 3.8) is 0 Å². The van der Waals surface area contributed by atoms with Gasteiger partial charge in [-0.15, -0.1) is 0 Å². The second kappa shape index (κ2) is 5.33. The minimum atomic E-state index is -0.857. The first-order chi connectivity index (χ1) is 8.64. The zero-order chi connectivity index (χ0) is 15.0. The minimum Gasteiger partial charge on any atom is -0.481 e. The molecule has 2 N–H and O–H groups in total. The molecule has 1 rings (SSSR count). The van der Waals surface area contributed by atoms with Crippen molar-refractivity contribution in [3.05, 3.63) is 33.9 Å². The Balaban J connectivity index is 3.55. The van der Waals surface area contributed by atoms with Crippen LogP contribution in [0.1, 0.15) is 47.7 Å². The van der Waals surface area contributed by atoms with E-state index < -0.39 is 11.4 Å². The maximum absolute atomic E-state index is 11.5. The first kappa shape index (κ1) is 15.7. The third-order valence-corrected chi connectivity index (χ3v) is 4.27. The Bertz CT molecular complexity index is 478. The van der Waals surface area contributed by atoms with Gasteiger partial charge in [-0.3, -0.25) is 4.79 Å². The van der Waals surface area contributed by atoms with Gasteiger partial charge < -0.3 is 10.4 Å². The Kier molecular flexibility index (Phi) is 4.41. The van der Waals surface area contributed by atoms with Crippen LogP contribution in [0, 0.1) is 33.1 Å². The molecule has 0 fully saturated rings. The number of carboxylic acid groups (broad SMARTS) is 1. The number of hydrogen-bond acceptors (Lipinski definition) is 2. The normalized spacial score (nSPS) is 13.4. The number of carboxylic acids is 1. The number of nitrogens with one attached hydrogen (secondary N) is 1. The lowest BCUT2D eigenvalue weighted by atomic mass is 9.76. The van der Waals surface area contributed by atoms with Gasteiger partial charge >= 0.3 is 5.97 Å². The fraction of sp³-hybridized carbons (Fsp3) is 0.562. The number of benzene rings is 1. The van der Waals surface area contributed by atoms with E-state index >= 15 is 0 Å². The fourth-order valence-corrected chi connectivity index (χ4v) is 2.67. The molecule has 0 aliphatic carbocycles. The number of carbonyl (C=O) groups is 1. The van der Waals surface area contributed by atoms with Gasteiger partial charge in [0.1, 0.15) is 0 Å². The summed E-state index contributed by atoms with van der Waals surface area (Å²) in [4.78, 5) is 11.5. The lowest BCUT2D eigenvalue weighted by molar-refractivity contribution is -0.148. The highest BCUT2D eigenvalue weighted by atomic mass is 16.4. The van der Waals surface area contributed by atoms with Crippen LogP contribution in [-0.4, -0.2) is 18.1 Å². The first-order valence-electron chi connectivity index (χ1n) is 6.62. The van der Waals surface area contributed by atoms with Crippen molar-refractivity contribution >= 4 is 5.97 Å². The van der Waals surface area contributed by atoms with Crippen molar-refractivity contribution in [2.24, 2.45) is 5.41 Å². The van der Waals surface area contributed by atoms with Gasteiger partial charge in [-0.1, -0.05) is 6.07 Å². The van der Waals surface area contributed by atoms with E-state index in [1.54, 1.807) is 13.8 Å². The van der Waals surface area contributed by atoms with Crippen molar-refractivity contribution < 1.29 is 9.90 Å². The van der Waals surface area contributed by atoms with E-state index in [0.29, 0.717) is 0 Å². The molecule has 3 heteroatoms. The summed E-state index contributed by atoms with van der Waals surface area (Å²) < 4.78 is 0. The molecule has 19 heavy (non-hydrogen) atoms. The van der Waals surface area contributed by atoms with Crippen LogP contribution < -0.4 is 5.32 Å². The Hall–Kier alpha value is -1.35. The minimum absolute atomic E-state index is 0.205. The van der Waals surface area contributed by atoms with Crippen molar-refractivity contribution in [3.8, 4) is 0 Å². The highest BCUT2D eigenvalue weighted by molar-refractivity contribution is 5.75. The van der Waals surface area contributed by atoms with Crippen molar-refractivity contribution in [2.75, 3.05) is 7.05 Å². The van der Waals surface area contributed by atoms with E-state index in [1.807, 2.05) is 7.05 Å². The number of rotatable bonds is 4. The van der Waals surface area contributed by atoms with E-state index in [2.05, 4.69) is 39.1 Å². The summed E-state index contributed by atoms with van der Waals surface area (Å²) in [6.45, 7) is 11.8. The summed E-state index contributed by atoms with van der Waals surface area (Å²) in [6.07, 6.45) is 0. The van der Waals surface area contributed by atoms with E-state index in [9.17, 15) is 9.90 Å². The quantitative estimate of drug-likeness (QED) is 0.876. The Morgan fingerprint density at radius 2 is 1.58 bits per heavy atom. The second-order valence-electron chi connectivity index (χ2n) is 5.92.